The summed E-state index contributed by atoms with van der Waals surface area (Å²) < 4.78 is 29.9. The Morgan fingerprint density at radius 2 is 1.85 bits per heavy atom. The van der Waals surface area contributed by atoms with Gasteiger partial charge in [-0.2, -0.15) is 10.1 Å². The smallest absolute Gasteiger partial charge is 0.388 e. The van der Waals surface area contributed by atoms with E-state index >= 15 is 4.39 Å². The first-order valence-electron chi connectivity index (χ1n) is 15.4. The van der Waals surface area contributed by atoms with Gasteiger partial charge in [-0.1, -0.05) is 54.9 Å². The SMILES string of the molecule is CCCc1c(Cc2ccc(-c3ccccc3-c3noc(=O)[nH]3)cc2F)c(=O)n(C2CCC(OCC(C)(C)O)CC2)c2ncnn12.[K]. The van der Waals surface area contributed by atoms with E-state index < -0.39 is 17.2 Å². The van der Waals surface area contributed by atoms with Crippen molar-refractivity contribution < 1.29 is 18.8 Å². The average molecular weight is 656 g/mol. The molecule has 1 aliphatic rings. The van der Waals surface area contributed by atoms with Crippen LogP contribution >= 0.6 is 0 Å². The van der Waals surface area contributed by atoms with E-state index in [-0.39, 0.29) is 87.9 Å². The van der Waals surface area contributed by atoms with E-state index in [1.165, 1.54) is 12.4 Å². The van der Waals surface area contributed by atoms with Crippen molar-refractivity contribution in [1.29, 1.82) is 0 Å². The fourth-order valence-electron chi connectivity index (χ4n) is 6.21. The number of aliphatic hydroxyl groups is 1. The second-order valence-corrected chi connectivity index (χ2v) is 12.3. The molecular weight excluding hydrogens is 618 g/mol. The van der Waals surface area contributed by atoms with Gasteiger partial charge in [-0.3, -0.25) is 18.9 Å². The predicted molar refractivity (Wildman–Crippen MR) is 171 cm³/mol. The number of aryl methyl sites for hydroxylation is 1. The average Bonchev–Trinajstić information content (AvgIpc) is 3.68. The van der Waals surface area contributed by atoms with Gasteiger partial charge in [0.25, 0.3) is 5.56 Å². The normalized spacial score (nSPS) is 16.9. The Labute approximate surface area is 307 Å². The molecule has 2 aromatic carbocycles. The van der Waals surface area contributed by atoms with Crippen molar-refractivity contribution >= 4 is 57.2 Å². The van der Waals surface area contributed by atoms with Gasteiger partial charge in [-0.05, 0) is 68.7 Å². The molecule has 1 fully saturated rings. The van der Waals surface area contributed by atoms with E-state index in [0.717, 1.165) is 25.0 Å². The number of fused-ring (bicyclic) bond motifs is 1. The van der Waals surface area contributed by atoms with Crippen LogP contribution in [0.15, 0.2) is 62.9 Å². The van der Waals surface area contributed by atoms with Gasteiger partial charge in [-0.25, -0.2) is 13.7 Å². The second-order valence-electron chi connectivity index (χ2n) is 12.3. The zero-order valence-corrected chi connectivity index (χ0v) is 29.7. The van der Waals surface area contributed by atoms with Gasteiger partial charge < -0.3 is 9.84 Å². The number of ether oxygens (including phenoxy) is 1. The van der Waals surface area contributed by atoms with Crippen molar-refractivity contribution in [2.45, 2.75) is 83.5 Å². The molecule has 13 heteroatoms. The molecule has 46 heavy (non-hydrogen) atoms. The number of hydrogen-bond acceptors (Lipinski definition) is 8. The molecule has 0 unspecified atom stereocenters. The maximum absolute atomic E-state index is 15.9. The Morgan fingerprint density at radius 1 is 1.11 bits per heavy atom. The zero-order chi connectivity index (χ0) is 31.7. The van der Waals surface area contributed by atoms with Crippen molar-refractivity contribution in [1.82, 2.24) is 29.3 Å². The molecule has 0 atom stereocenters. The summed E-state index contributed by atoms with van der Waals surface area (Å²) in [4.78, 5) is 32.8. The Kier molecular flexibility index (Phi) is 10.9. The van der Waals surface area contributed by atoms with Crippen LogP contribution in [0, 0.1) is 5.82 Å². The van der Waals surface area contributed by atoms with E-state index in [1.807, 2.05) is 19.1 Å². The number of rotatable bonds is 10. The molecule has 1 aliphatic carbocycles. The summed E-state index contributed by atoms with van der Waals surface area (Å²) in [5.74, 6) is -0.381. The van der Waals surface area contributed by atoms with Crippen LogP contribution in [0.4, 0.5) is 4.39 Å². The third kappa shape index (κ3) is 7.35. The van der Waals surface area contributed by atoms with Gasteiger partial charge in [0.15, 0.2) is 5.82 Å². The van der Waals surface area contributed by atoms with Gasteiger partial charge in [0.2, 0.25) is 5.78 Å². The summed E-state index contributed by atoms with van der Waals surface area (Å²) >= 11 is 0. The second kappa shape index (κ2) is 14.5. The van der Waals surface area contributed by atoms with Crippen LogP contribution in [0.2, 0.25) is 0 Å². The van der Waals surface area contributed by atoms with E-state index in [1.54, 1.807) is 47.2 Å². The molecule has 1 saturated carbocycles. The number of benzene rings is 2. The number of nitrogens with one attached hydrogen (secondary N) is 1. The summed E-state index contributed by atoms with van der Waals surface area (Å²) in [5.41, 5.74) is 2.41. The summed E-state index contributed by atoms with van der Waals surface area (Å²) in [6.07, 6.45) is 5.86. The van der Waals surface area contributed by atoms with Gasteiger partial charge in [-0.15, -0.1) is 0 Å². The first-order chi connectivity index (χ1) is 21.6. The molecule has 0 saturated heterocycles. The number of aromatic amines is 1. The summed E-state index contributed by atoms with van der Waals surface area (Å²) in [5, 5.41) is 18.3. The number of nitrogens with zero attached hydrogens (tertiary/aromatic N) is 5. The zero-order valence-electron chi connectivity index (χ0n) is 26.6. The van der Waals surface area contributed by atoms with Gasteiger partial charge in [0, 0.05) is 75.0 Å². The van der Waals surface area contributed by atoms with Crippen molar-refractivity contribution in [2.75, 3.05) is 6.61 Å². The molecule has 6 rings (SSSR count). The molecule has 0 aliphatic heterocycles. The molecule has 0 spiro atoms. The van der Waals surface area contributed by atoms with Crippen molar-refractivity contribution in [2.24, 2.45) is 0 Å². The van der Waals surface area contributed by atoms with Crippen LogP contribution in [0.25, 0.3) is 28.3 Å². The summed E-state index contributed by atoms with van der Waals surface area (Å²) in [7, 11) is 0. The summed E-state index contributed by atoms with van der Waals surface area (Å²) in [6, 6.07) is 12.0. The fourth-order valence-corrected chi connectivity index (χ4v) is 6.21. The van der Waals surface area contributed by atoms with Gasteiger partial charge in [0.05, 0.1) is 24.0 Å². The van der Waals surface area contributed by atoms with E-state index in [9.17, 15) is 14.7 Å². The van der Waals surface area contributed by atoms with Crippen LogP contribution in [0.1, 0.15) is 75.7 Å². The van der Waals surface area contributed by atoms with Crippen LogP contribution in [-0.4, -0.2) is 104 Å². The van der Waals surface area contributed by atoms with E-state index in [2.05, 4.69) is 24.7 Å². The first-order valence-corrected chi connectivity index (χ1v) is 15.4. The molecule has 5 aromatic rings. The third-order valence-corrected chi connectivity index (χ3v) is 8.35. The molecule has 11 nitrogen and oxygen atoms in total. The first kappa shape index (κ1) is 34.5. The van der Waals surface area contributed by atoms with E-state index in [4.69, 9.17) is 4.74 Å². The number of halogens is 1. The molecule has 3 heterocycles. The molecule has 0 amide bonds. The molecular formula is C33H37FKN6O5. The van der Waals surface area contributed by atoms with Gasteiger partial charge in [0.1, 0.15) is 12.1 Å². The quantitative estimate of drug-likeness (QED) is 0.210. The topological polar surface area (TPSA) is 141 Å². The molecule has 1 radical (unpaired) electrons. The molecule has 237 valence electrons. The van der Waals surface area contributed by atoms with Crippen LogP contribution in [0.3, 0.4) is 0 Å². The standard InChI is InChI=1S/C33H37FN6O5.K/c1-4-7-28-26(16-21-11-10-20(17-27(21)34)24-8-5-6-9-25(24)29-37-32(42)45-38-29)30(41)39(31-35-19-36-40(28)31)22-12-14-23(15-13-22)44-18-33(2,3)43;/h5-6,8-11,17,19,22-23,43H,4,7,12-16,18H2,1-3H3,(H,37,38,42);. The Hall–Kier alpha value is -2.78. The number of hydrogen-bond donors (Lipinski definition) is 2. The van der Waals surface area contributed by atoms with Crippen molar-refractivity contribution in [3.05, 3.63) is 92.3 Å². The fraction of sp³-hybridized carbons (Fsp3) is 0.424. The molecule has 3 aromatic heterocycles. The summed E-state index contributed by atoms with van der Waals surface area (Å²) in [6.45, 7) is 5.72. The predicted octanol–water partition coefficient (Wildman–Crippen LogP) is 4.47. The third-order valence-electron chi connectivity index (χ3n) is 8.35. The van der Waals surface area contributed by atoms with Crippen LogP contribution in [0.5, 0.6) is 0 Å². The monoisotopic (exact) mass is 655 g/mol. The minimum atomic E-state index is -0.903. The van der Waals surface area contributed by atoms with Crippen molar-refractivity contribution in [3.8, 4) is 22.5 Å². The minimum Gasteiger partial charge on any atom is -0.388 e. The molecule has 2 N–H and O–H groups in total. The Bertz CT molecular complexity index is 1930. The molecule has 0 bridgehead atoms. The maximum atomic E-state index is 15.9. The number of H-pyrrole nitrogens is 1. The Morgan fingerprint density at radius 3 is 2.50 bits per heavy atom. The maximum Gasteiger partial charge on any atom is 0.439 e. The number of aromatic nitrogens is 6. The largest absolute Gasteiger partial charge is 0.439 e. The van der Waals surface area contributed by atoms with Gasteiger partial charge >= 0.3 is 5.76 Å². The van der Waals surface area contributed by atoms with Crippen LogP contribution < -0.4 is 11.3 Å². The van der Waals surface area contributed by atoms with E-state index in [0.29, 0.717) is 52.9 Å². The minimum absolute atomic E-state index is 0. The Balaban J connectivity index is 0.00000417. The van der Waals surface area contributed by atoms with Crippen LogP contribution in [-0.2, 0) is 17.6 Å². The van der Waals surface area contributed by atoms with Crippen molar-refractivity contribution in [3.63, 3.8) is 0 Å².